The van der Waals surface area contributed by atoms with E-state index in [0.29, 0.717) is 18.5 Å². The maximum atomic E-state index is 5.08. The van der Waals surface area contributed by atoms with Crippen molar-refractivity contribution in [1.82, 2.24) is 9.97 Å². The van der Waals surface area contributed by atoms with Crippen molar-refractivity contribution < 1.29 is 4.74 Å². The monoisotopic (exact) mass is 284 g/mol. The molecule has 0 saturated carbocycles. The highest BCUT2D eigenvalue weighted by Crippen LogP contribution is 2.14. The van der Waals surface area contributed by atoms with Crippen molar-refractivity contribution in [2.24, 2.45) is 0 Å². The fraction of sp³-hybridized carbons (Fsp3) is 0.692. The van der Waals surface area contributed by atoms with Crippen LogP contribution in [0.15, 0.2) is 6.07 Å². The van der Waals surface area contributed by atoms with Crippen molar-refractivity contribution in [1.29, 1.82) is 0 Å². The van der Waals surface area contributed by atoms with Gasteiger partial charge in [-0.15, -0.1) is 0 Å². The lowest BCUT2D eigenvalue weighted by atomic mass is 10.2. The maximum Gasteiger partial charge on any atom is 0.158 e. The first-order valence-corrected chi connectivity index (χ1v) is 7.74. The molecule has 0 aliphatic rings. The number of aromatic nitrogens is 2. The van der Waals surface area contributed by atoms with Gasteiger partial charge in [-0.2, -0.15) is 11.8 Å². The lowest BCUT2D eigenvalue weighted by Gasteiger charge is -2.15. The van der Waals surface area contributed by atoms with Crippen LogP contribution >= 0.6 is 11.8 Å². The van der Waals surface area contributed by atoms with E-state index in [-0.39, 0.29) is 0 Å². The van der Waals surface area contributed by atoms with Gasteiger partial charge in [0, 0.05) is 26.3 Å². The Hall–Kier alpha value is -1.01. The van der Waals surface area contributed by atoms with Crippen molar-refractivity contribution in [3.05, 3.63) is 11.9 Å². The van der Waals surface area contributed by atoms with Gasteiger partial charge in [0.15, 0.2) is 5.82 Å². The number of ether oxygens (including phenoxy) is 1. The molecular weight excluding hydrogens is 260 g/mol. The van der Waals surface area contributed by atoms with E-state index < -0.39 is 0 Å². The summed E-state index contributed by atoms with van der Waals surface area (Å²) in [4.78, 5) is 8.78. The van der Waals surface area contributed by atoms with Gasteiger partial charge in [-0.05, 0) is 24.9 Å². The average molecular weight is 284 g/mol. The molecule has 2 N–H and O–H groups in total. The van der Waals surface area contributed by atoms with Crippen LogP contribution in [-0.2, 0) is 11.3 Å². The van der Waals surface area contributed by atoms with E-state index in [1.54, 1.807) is 7.11 Å². The van der Waals surface area contributed by atoms with Crippen molar-refractivity contribution in [3.8, 4) is 0 Å². The Balaban J connectivity index is 2.62. The zero-order chi connectivity index (χ0) is 14.1. The molecular formula is C13H24N4OS. The summed E-state index contributed by atoms with van der Waals surface area (Å²) in [6.45, 7) is 4.78. The minimum absolute atomic E-state index is 0.397. The van der Waals surface area contributed by atoms with E-state index in [1.165, 1.54) is 11.5 Å². The number of nitrogens with zero attached hydrogens (tertiary/aromatic N) is 2. The molecule has 108 valence electrons. The van der Waals surface area contributed by atoms with E-state index >= 15 is 0 Å². The highest BCUT2D eigenvalue weighted by molar-refractivity contribution is 7.99. The third-order valence-electron chi connectivity index (χ3n) is 2.60. The molecule has 0 bridgehead atoms. The predicted molar refractivity (Wildman–Crippen MR) is 83.0 cm³/mol. The van der Waals surface area contributed by atoms with Gasteiger partial charge in [-0.1, -0.05) is 6.92 Å². The van der Waals surface area contributed by atoms with Crippen LogP contribution in [0.1, 0.15) is 26.1 Å². The normalized spacial score (nSPS) is 12.2. The van der Waals surface area contributed by atoms with E-state index in [0.717, 1.165) is 18.1 Å². The van der Waals surface area contributed by atoms with Crippen LogP contribution in [-0.4, -0.2) is 41.7 Å². The molecule has 1 atom stereocenters. The summed E-state index contributed by atoms with van der Waals surface area (Å²) in [7, 11) is 3.50. The molecule has 1 heterocycles. The van der Waals surface area contributed by atoms with Crippen LogP contribution in [0.5, 0.6) is 0 Å². The summed E-state index contributed by atoms with van der Waals surface area (Å²) in [6, 6.07) is 2.32. The second-order valence-corrected chi connectivity index (χ2v) is 5.66. The van der Waals surface area contributed by atoms with Crippen LogP contribution in [0, 0.1) is 0 Å². The maximum absolute atomic E-state index is 5.08. The Labute approximate surface area is 119 Å². The van der Waals surface area contributed by atoms with Gasteiger partial charge in [0.05, 0.1) is 0 Å². The Morgan fingerprint density at radius 1 is 1.37 bits per heavy atom. The third-order valence-corrected chi connectivity index (χ3v) is 3.53. The molecule has 0 radical (unpaired) electrons. The first kappa shape index (κ1) is 16.0. The van der Waals surface area contributed by atoms with E-state index in [4.69, 9.17) is 4.74 Å². The number of rotatable bonds is 9. The summed E-state index contributed by atoms with van der Waals surface area (Å²) < 4.78 is 5.08. The van der Waals surface area contributed by atoms with E-state index in [2.05, 4.69) is 34.4 Å². The molecule has 19 heavy (non-hydrogen) atoms. The fourth-order valence-corrected chi connectivity index (χ4v) is 2.43. The fourth-order valence-electron chi connectivity index (χ4n) is 1.62. The van der Waals surface area contributed by atoms with Gasteiger partial charge in [0.1, 0.15) is 18.2 Å². The number of hydrogen-bond donors (Lipinski definition) is 2. The minimum Gasteiger partial charge on any atom is -0.377 e. The topological polar surface area (TPSA) is 59.1 Å². The highest BCUT2D eigenvalue weighted by Gasteiger charge is 2.07. The summed E-state index contributed by atoms with van der Waals surface area (Å²) in [5.41, 5.74) is 0. The number of hydrogen-bond acceptors (Lipinski definition) is 6. The second-order valence-electron chi connectivity index (χ2n) is 4.27. The molecule has 0 aliphatic heterocycles. The number of thioether (sulfide) groups is 1. The zero-order valence-corrected chi connectivity index (χ0v) is 13.0. The molecule has 5 nitrogen and oxygen atoms in total. The Kier molecular flexibility index (Phi) is 7.59. The smallest absolute Gasteiger partial charge is 0.158 e. The largest absolute Gasteiger partial charge is 0.377 e. The molecule has 0 amide bonds. The van der Waals surface area contributed by atoms with Gasteiger partial charge in [-0.3, -0.25) is 0 Å². The van der Waals surface area contributed by atoms with Crippen LogP contribution in [0.3, 0.4) is 0 Å². The van der Waals surface area contributed by atoms with Crippen molar-refractivity contribution in [2.45, 2.75) is 32.9 Å². The molecule has 0 spiro atoms. The van der Waals surface area contributed by atoms with Crippen molar-refractivity contribution in [3.63, 3.8) is 0 Å². The van der Waals surface area contributed by atoms with Gasteiger partial charge < -0.3 is 15.4 Å². The molecule has 1 unspecified atom stereocenters. The van der Waals surface area contributed by atoms with E-state index in [1.807, 2.05) is 24.9 Å². The molecule has 1 aromatic heterocycles. The van der Waals surface area contributed by atoms with Gasteiger partial charge in [0.25, 0.3) is 0 Å². The van der Waals surface area contributed by atoms with Gasteiger partial charge in [-0.25, -0.2) is 9.97 Å². The van der Waals surface area contributed by atoms with Crippen molar-refractivity contribution >= 4 is 23.4 Å². The summed E-state index contributed by atoms with van der Waals surface area (Å²) in [5, 5.41) is 6.46. The quantitative estimate of drug-likeness (QED) is 0.680. The predicted octanol–water partition coefficient (Wildman–Crippen LogP) is 2.61. The standard InChI is InChI=1S/C13H24N4OS/c1-5-19-7-6-10(2)15-12-8-11(14-3)16-13(17-12)9-18-4/h8,10H,5-7,9H2,1-4H3,(H2,14,15,16,17). The highest BCUT2D eigenvalue weighted by atomic mass is 32.2. The minimum atomic E-state index is 0.397. The molecule has 0 fully saturated rings. The summed E-state index contributed by atoms with van der Waals surface area (Å²) >= 11 is 1.96. The van der Waals surface area contributed by atoms with Crippen LogP contribution in [0.4, 0.5) is 11.6 Å². The van der Waals surface area contributed by atoms with Crippen LogP contribution < -0.4 is 10.6 Å². The SMILES string of the molecule is CCSCCC(C)Nc1cc(NC)nc(COC)n1. The molecule has 0 aliphatic carbocycles. The summed E-state index contributed by atoms with van der Waals surface area (Å²) in [5.74, 6) is 4.67. The number of methoxy groups -OCH3 is 1. The molecule has 1 aromatic rings. The zero-order valence-electron chi connectivity index (χ0n) is 12.2. The Morgan fingerprint density at radius 3 is 2.74 bits per heavy atom. The molecule has 0 saturated heterocycles. The van der Waals surface area contributed by atoms with E-state index in [9.17, 15) is 0 Å². The molecule has 6 heteroatoms. The van der Waals surface area contributed by atoms with Crippen LogP contribution in [0.25, 0.3) is 0 Å². The summed E-state index contributed by atoms with van der Waals surface area (Å²) in [6.07, 6.45) is 1.12. The molecule has 0 aromatic carbocycles. The number of nitrogens with one attached hydrogen (secondary N) is 2. The van der Waals surface area contributed by atoms with Gasteiger partial charge >= 0.3 is 0 Å². The first-order chi connectivity index (χ1) is 9.19. The third kappa shape index (κ3) is 6.11. The molecule has 1 rings (SSSR count). The van der Waals surface area contributed by atoms with Crippen molar-refractivity contribution in [2.75, 3.05) is 36.3 Å². The van der Waals surface area contributed by atoms with Crippen LogP contribution in [0.2, 0.25) is 0 Å². The Bertz CT molecular complexity index is 376. The second kappa shape index (κ2) is 8.98. The lowest BCUT2D eigenvalue weighted by Crippen LogP contribution is -2.18. The first-order valence-electron chi connectivity index (χ1n) is 6.58. The number of anilines is 2. The van der Waals surface area contributed by atoms with Gasteiger partial charge in [0.2, 0.25) is 0 Å². The lowest BCUT2D eigenvalue weighted by molar-refractivity contribution is 0.178. The Morgan fingerprint density at radius 2 is 2.11 bits per heavy atom. The average Bonchev–Trinajstić information content (AvgIpc) is 2.39.